The molecule has 3 aromatic rings. The second-order valence-corrected chi connectivity index (χ2v) is 4.68. The molecule has 0 aliphatic heterocycles. The summed E-state index contributed by atoms with van der Waals surface area (Å²) >= 11 is 6.07. The Morgan fingerprint density at radius 2 is 1.75 bits per heavy atom. The number of pyridine rings is 1. The van der Waals surface area contributed by atoms with E-state index in [2.05, 4.69) is 10.3 Å². The van der Waals surface area contributed by atoms with Gasteiger partial charge in [0.25, 0.3) is 0 Å². The van der Waals surface area contributed by atoms with Crippen LogP contribution in [0.4, 0.5) is 20.2 Å². The molecule has 100 valence electrons. The number of hydrogen-bond acceptors (Lipinski definition) is 2. The van der Waals surface area contributed by atoms with E-state index in [0.29, 0.717) is 21.9 Å². The summed E-state index contributed by atoms with van der Waals surface area (Å²) in [7, 11) is 0. The van der Waals surface area contributed by atoms with E-state index in [1.165, 1.54) is 12.1 Å². The predicted octanol–water partition coefficient (Wildman–Crippen LogP) is 4.91. The van der Waals surface area contributed by atoms with Gasteiger partial charge >= 0.3 is 0 Å². The van der Waals surface area contributed by atoms with E-state index in [4.69, 9.17) is 11.6 Å². The number of benzene rings is 2. The fourth-order valence-electron chi connectivity index (χ4n) is 2.03. The second kappa shape index (κ2) is 5.06. The van der Waals surface area contributed by atoms with E-state index in [-0.39, 0.29) is 0 Å². The molecule has 0 saturated heterocycles. The Bertz CT molecular complexity index is 770. The van der Waals surface area contributed by atoms with Gasteiger partial charge in [0.1, 0.15) is 11.6 Å². The number of nitrogens with zero attached hydrogens (tertiary/aromatic N) is 1. The van der Waals surface area contributed by atoms with Crippen LogP contribution < -0.4 is 5.32 Å². The number of para-hydroxylation sites is 1. The Morgan fingerprint density at radius 3 is 2.50 bits per heavy atom. The molecule has 1 aromatic heterocycles. The van der Waals surface area contributed by atoms with Gasteiger partial charge in [-0.25, -0.2) is 8.78 Å². The first kappa shape index (κ1) is 12.8. The van der Waals surface area contributed by atoms with Gasteiger partial charge < -0.3 is 5.32 Å². The molecule has 0 saturated carbocycles. The van der Waals surface area contributed by atoms with Gasteiger partial charge in [-0.15, -0.1) is 0 Å². The largest absolute Gasteiger partial charge is 0.355 e. The van der Waals surface area contributed by atoms with Crippen LogP contribution in [0, 0.1) is 11.6 Å². The van der Waals surface area contributed by atoms with Gasteiger partial charge in [0.15, 0.2) is 0 Å². The van der Waals surface area contributed by atoms with Gasteiger partial charge in [-0.05, 0) is 24.3 Å². The van der Waals surface area contributed by atoms with E-state index >= 15 is 0 Å². The van der Waals surface area contributed by atoms with Crippen molar-refractivity contribution < 1.29 is 8.78 Å². The lowest BCUT2D eigenvalue weighted by Gasteiger charge is -2.10. The molecule has 1 heterocycles. The summed E-state index contributed by atoms with van der Waals surface area (Å²) < 4.78 is 26.4. The van der Waals surface area contributed by atoms with Crippen LogP contribution in [-0.4, -0.2) is 4.98 Å². The molecule has 0 atom stereocenters. The molecule has 0 bridgehead atoms. The van der Waals surface area contributed by atoms with E-state index in [0.717, 1.165) is 11.5 Å². The fraction of sp³-hybridized carbons (Fsp3) is 0. The number of hydrogen-bond donors (Lipinski definition) is 1. The van der Waals surface area contributed by atoms with Crippen molar-refractivity contribution >= 4 is 33.9 Å². The molecule has 0 aliphatic rings. The summed E-state index contributed by atoms with van der Waals surface area (Å²) in [5, 5.41) is 4.28. The van der Waals surface area contributed by atoms with Crippen LogP contribution in [0.5, 0.6) is 0 Å². The Hall–Kier alpha value is -2.20. The van der Waals surface area contributed by atoms with E-state index in [1.807, 2.05) is 6.07 Å². The van der Waals surface area contributed by atoms with Crippen LogP contribution in [0.2, 0.25) is 5.02 Å². The van der Waals surface area contributed by atoms with Gasteiger partial charge in [0.2, 0.25) is 0 Å². The normalized spacial score (nSPS) is 10.8. The zero-order chi connectivity index (χ0) is 14.1. The van der Waals surface area contributed by atoms with Crippen LogP contribution in [0.25, 0.3) is 10.9 Å². The van der Waals surface area contributed by atoms with E-state index in [9.17, 15) is 8.78 Å². The molecule has 1 N–H and O–H groups in total. The molecule has 0 amide bonds. The quantitative estimate of drug-likeness (QED) is 0.725. The third kappa shape index (κ3) is 2.42. The highest BCUT2D eigenvalue weighted by molar-refractivity contribution is 6.35. The maximum atomic E-state index is 13.2. The van der Waals surface area contributed by atoms with Crippen molar-refractivity contribution in [1.82, 2.24) is 4.98 Å². The molecule has 2 nitrogen and oxygen atoms in total. The van der Waals surface area contributed by atoms with Crippen molar-refractivity contribution in [2.45, 2.75) is 0 Å². The molecule has 0 spiro atoms. The minimum atomic E-state index is -0.635. The highest BCUT2D eigenvalue weighted by Crippen LogP contribution is 2.29. The number of halogens is 3. The third-order valence-corrected chi connectivity index (χ3v) is 3.17. The summed E-state index contributed by atoms with van der Waals surface area (Å²) in [6, 6.07) is 10.4. The number of aromatic nitrogens is 1. The third-order valence-electron chi connectivity index (χ3n) is 2.86. The summed E-state index contributed by atoms with van der Waals surface area (Å²) in [5.74, 6) is -1.27. The first-order valence-electron chi connectivity index (χ1n) is 5.90. The van der Waals surface area contributed by atoms with Crippen molar-refractivity contribution in [3.05, 3.63) is 65.3 Å². The number of rotatable bonds is 2. The number of nitrogens with one attached hydrogen (secondary N) is 1. The van der Waals surface area contributed by atoms with Crippen molar-refractivity contribution in [2.75, 3.05) is 5.32 Å². The summed E-state index contributed by atoms with van der Waals surface area (Å²) in [4.78, 5) is 4.20. The monoisotopic (exact) mass is 290 g/mol. The van der Waals surface area contributed by atoms with Gasteiger partial charge in [-0.2, -0.15) is 0 Å². The van der Waals surface area contributed by atoms with Gasteiger partial charge in [-0.3, -0.25) is 4.98 Å². The number of anilines is 2. The average molecular weight is 291 g/mol. The van der Waals surface area contributed by atoms with E-state index in [1.54, 1.807) is 24.4 Å². The topological polar surface area (TPSA) is 24.9 Å². The molecule has 5 heteroatoms. The first-order valence-corrected chi connectivity index (χ1v) is 6.27. The molecule has 20 heavy (non-hydrogen) atoms. The lowest BCUT2D eigenvalue weighted by molar-refractivity contribution is 0.584. The SMILES string of the molecule is Fc1cc(F)cc(Nc2ccnc3c(Cl)cccc23)c1. The zero-order valence-corrected chi connectivity index (χ0v) is 11.0. The average Bonchev–Trinajstić information content (AvgIpc) is 2.39. The Balaban J connectivity index is 2.09. The molecular weight excluding hydrogens is 282 g/mol. The molecule has 0 radical (unpaired) electrons. The van der Waals surface area contributed by atoms with Crippen molar-refractivity contribution in [1.29, 1.82) is 0 Å². The van der Waals surface area contributed by atoms with Crippen LogP contribution in [0.15, 0.2) is 48.7 Å². The second-order valence-electron chi connectivity index (χ2n) is 4.28. The van der Waals surface area contributed by atoms with Crippen LogP contribution in [0.1, 0.15) is 0 Å². The predicted molar refractivity (Wildman–Crippen MR) is 76.4 cm³/mol. The smallest absolute Gasteiger partial charge is 0.128 e. The van der Waals surface area contributed by atoms with Crippen LogP contribution >= 0.6 is 11.6 Å². The molecule has 3 rings (SSSR count). The van der Waals surface area contributed by atoms with Gasteiger partial charge in [0.05, 0.1) is 10.5 Å². The highest BCUT2D eigenvalue weighted by Gasteiger charge is 2.06. The lowest BCUT2D eigenvalue weighted by atomic mass is 10.2. The maximum absolute atomic E-state index is 13.2. The molecular formula is C15H9ClF2N2. The molecule has 0 unspecified atom stereocenters. The Kier molecular flexibility index (Phi) is 3.24. The summed E-state index contributed by atoms with van der Waals surface area (Å²) in [5.41, 5.74) is 1.65. The van der Waals surface area contributed by atoms with Crippen LogP contribution in [0.3, 0.4) is 0 Å². The van der Waals surface area contributed by atoms with Crippen molar-refractivity contribution in [2.24, 2.45) is 0 Å². The number of fused-ring (bicyclic) bond motifs is 1. The zero-order valence-electron chi connectivity index (χ0n) is 10.2. The van der Waals surface area contributed by atoms with Gasteiger partial charge in [0, 0.05) is 29.0 Å². The van der Waals surface area contributed by atoms with Crippen molar-refractivity contribution in [3.63, 3.8) is 0 Å². The Labute approximate surface area is 119 Å². The molecule has 2 aromatic carbocycles. The van der Waals surface area contributed by atoms with Gasteiger partial charge in [-0.1, -0.05) is 23.7 Å². The lowest BCUT2D eigenvalue weighted by Crippen LogP contribution is -1.94. The first-order chi connectivity index (χ1) is 9.63. The van der Waals surface area contributed by atoms with Crippen molar-refractivity contribution in [3.8, 4) is 0 Å². The highest BCUT2D eigenvalue weighted by atomic mass is 35.5. The summed E-state index contributed by atoms with van der Waals surface area (Å²) in [6.45, 7) is 0. The summed E-state index contributed by atoms with van der Waals surface area (Å²) in [6.07, 6.45) is 1.59. The minimum Gasteiger partial charge on any atom is -0.355 e. The fourth-order valence-corrected chi connectivity index (χ4v) is 2.25. The van der Waals surface area contributed by atoms with Crippen LogP contribution in [-0.2, 0) is 0 Å². The minimum absolute atomic E-state index is 0.329. The van der Waals surface area contributed by atoms with E-state index < -0.39 is 11.6 Å². The molecule has 0 fully saturated rings. The molecule has 0 aliphatic carbocycles. The Morgan fingerprint density at radius 1 is 1.00 bits per heavy atom. The standard InChI is InChI=1S/C15H9ClF2N2/c16-13-3-1-2-12-14(4-5-19-15(12)13)20-11-7-9(17)6-10(18)8-11/h1-8H,(H,19,20). The maximum Gasteiger partial charge on any atom is 0.128 e.